The van der Waals surface area contributed by atoms with Gasteiger partial charge in [0.25, 0.3) is 0 Å². The summed E-state index contributed by atoms with van der Waals surface area (Å²) in [4.78, 5) is 25.1. The number of aliphatic hydroxyl groups excluding tert-OH is 5. The largest absolute Gasteiger partial charge is 0.466 e. The number of ether oxygens (including phenoxy) is 3. The van der Waals surface area contributed by atoms with E-state index in [-0.39, 0.29) is 18.5 Å². The lowest BCUT2D eigenvalue weighted by molar-refractivity contribution is -0.302. The van der Waals surface area contributed by atoms with Crippen LogP contribution in [0.4, 0.5) is 0 Å². The lowest BCUT2D eigenvalue weighted by atomic mass is 9.99. The van der Waals surface area contributed by atoms with Gasteiger partial charge in [0.05, 0.1) is 32.0 Å². The number of allylic oxidation sites excluding steroid dienone is 9. The summed E-state index contributed by atoms with van der Waals surface area (Å²) in [7, 11) is 0. The van der Waals surface area contributed by atoms with E-state index in [0.717, 1.165) is 96.3 Å². The van der Waals surface area contributed by atoms with Crippen LogP contribution in [0.5, 0.6) is 0 Å². The third-order valence-corrected chi connectivity index (χ3v) is 14.8. The second-order valence-corrected chi connectivity index (χ2v) is 22.1. The Hall–Kier alpha value is -2.64. The van der Waals surface area contributed by atoms with Crippen molar-refractivity contribution in [3.63, 3.8) is 0 Å². The fourth-order valence-corrected chi connectivity index (χ4v) is 9.73. The maximum atomic E-state index is 13.0. The summed E-state index contributed by atoms with van der Waals surface area (Å²) in [6, 6.07) is -0.814. The molecule has 1 heterocycles. The van der Waals surface area contributed by atoms with Gasteiger partial charge in [0.2, 0.25) is 5.91 Å². The SMILES string of the molecule is CCCCC/C=C\C/C=C\CCCCCCCC(=O)OCCCCCCCCCCC/C=C\C/C=C\CCCCCCCCCCCC(=O)NC(COC1OC(CO)C(O)C(O)C1O)C(O)/C=C/CCCCCCCCC. The Labute approximate surface area is 471 Å². The van der Waals surface area contributed by atoms with Crippen molar-refractivity contribution in [2.45, 2.75) is 326 Å². The number of nitrogens with one attached hydrogen (secondary N) is 1. The van der Waals surface area contributed by atoms with Crippen LogP contribution in [0.2, 0.25) is 0 Å². The average molecular weight is 1090 g/mol. The summed E-state index contributed by atoms with van der Waals surface area (Å²) in [5.41, 5.74) is 0. The first-order valence-electron chi connectivity index (χ1n) is 32.1. The summed E-state index contributed by atoms with van der Waals surface area (Å²) >= 11 is 0. The first-order valence-corrected chi connectivity index (χ1v) is 32.1. The quantitative estimate of drug-likeness (QED) is 0.0195. The molecule has 11 nitrogen and oxygen atoms in total. The monoisotopic (exact) mass is 1090 g/mol. The maximum Gasteiger partial charge on any atom is 0.305 e. The number of carbonyl (C=O) groups excluding carboxylic acids is 2. The van der Waals surface area contributed by atoms with E-state index in [9.17, 15) is 35.1 Å². The molecule has 0 radical (unpaired) electrons. The topological polar surface area (TPSA) is 175 Å². The van der Waals surface area contributed by atoms with Gasteiger partial charge in [0.15, 0.2) is 6.29 Å². The molecule has 77 heavy (non-hydrogen) atoms. The van der Waals surface area contributed by atoms with Crippen molar-refractivity contribution in [3.05, 3.63) is 60.8 Å². The van der Waals surface area contributed by atoms with Crippen molar-refractivity contribution in [3.8, 4) is 0 Å². The van der Waals surface area contributed by atoms with Gasteiger partial charge in [-0.05, 0) is 96.3 Å². The van der Waals surface area contributed by atoms with Gasteiger partial charge in [-0.1, -0.05) is 235 Å². The average Bonchev–Trinajstić information content (AvgIpc) is 3.43. The molecule has 0 aromatic rings. The second-order valence-electron chi connectivity index (χ2n) is 22.1. The van der Waals surface area contributed by atoms with Crippen LogP contribution >= 0.6 is 0 Å². The van der Waals surface area contributed by atoms with Crippen LogP contribution in [0.3, 0.4) is 0 Å². The van der Waals surface area contributed by atoms with Crippen LogP contribution in [0.1, 0.15) is 284 Å². The lowest BCUT2D eigenvalue weighted by Crippen LogP contribution is -2.60. The predicted molar refractivity (Wildman–Crippen MR) is 320 cm³/mol. The van der Waals surface area contributed by atoms with E-state index in [0.29, 0.717) is 19.4 Å². The lowest BCUT2D eigenvalue weighted by Gasteiger charge is -2.40. The first kappa shape index (κ1) is 72.4. The van der Waals surface area contributed by atoms with E-state index >= 15 is 0 Å². The Balaban J connectivity index is 1.99. The minimum absolute atomic E-state index is 0.0163. The van der Waals surface area contributed by atoms with Crippen LogP contribution in [-0.4, -0.2) is 100 Å². The smallest absolute Gasteiger partial charge is 0.305 e. The highest BCUT2D eigenvalue weighted by molar-refractivity contribution is 5.76. The Bertz CT molecular complexity index is 1460. The van der Waals surface area contributed by atoms with Crippen molar-refractivity contribution >= 4 is 11.9 Å². The molecular weight excluding hydrogens is 967 g/mol. The molecule has 0 spiro atoms. The van der Waals surface area contributed by atoms with Gasteiger partial charge in [-0.2, -0.15) is 0 Å². The molecule has 448 valence electrons. The number of esters is 1. The van der Waals surface area contributed by atoms with Crippen LogP contribution in [0, 0.1) is 0 Å². The summed E-state index contributed by atoms with van der Waals surface area (Å²) in [5.74, 6) is -0.207. The number of unbranched alkanes of at least 4 members (excludes halogenated alkanes) is 33. The van der Waals surface area contributed by atoms with Gasteiger partial charge in [-0.25, -0.2) is 0 Å². The van der Waals surface area contributed by atoms with Crippen molar-refractivity contribution in [1.82, 2.24) is 5.32 Å². The third kappa shape index (κ3) is 44.8. The van der Waals surface area contributed by atoms with Crippen molar-refractivity contribution in [2.24, 2.45) is 0 Å². The van der Waals surface area contributed by atoms with E-state index in [4.69, 9.17) is 14.2 Å². The number of hydrogen-bond donors (Lipinski definition) is 6. The molecule has 1 aliphatic rings. The molecule has 11 heteroatoms. The fraction of sp³-hybridized carbons (Fsp3) is 0.818. The first-order chi connectivity index (χ1) is 37.7. The molecule has 7 unspecified atom stereocenters. The third-order valence-electron chi connectivity index (χ3n) is 14.8. The van der Waals surface area contributed by atoms with Crippen molar-refractivity contribution in [2.75, 3.05) is 19.8 Å². The zero-order chi connectivity index (χ0) is 55.9. The predicted octanol–water partition coefficient (Wildman–Crippen LogP) is 15.4. The Morgan fingerprint density at radius 3 is 1.34 bits per heavy atom. The number of aliphatic hydroxyl groups is 5. The molecule has 1 saturated heterocycles. The minimum atomic E-state index is -1.57. The molecule has 1 fully saturated rings. The van der Waals surface area contributed by atoms with Gasteiger partial charge in [-0.15, -0.1) is 0 Å². The Morgan fingerprint density at radius 1 is 0.481 bits per heavy atom. The highest BCUT2D eigenvalue weighted by Crippen LogP contribution is 2.23. The maximum absolute atomic E-state index is 13.0. The molecule has 0 aliphatic carbocycles. The van der Waals surface area contributed by atoms with E-state index in [1.165, 1.54) is 161 Å². The standard InChI is InChI=1S/C66H119NO10/c1-3-5-7-9-11-13-14-15-27-31-34-38-42-46-50-54-62(71)75-55-51-47-43-39-35-32-29-26-24-22-20-18-16-17-19-21-23-25-28-30-33-37-41-45-49-53-61(70)67-58(59(69)52-48-44-40-36-12-10-8-6-4-2)57-76-66-65(74)64(73)63(72)60(56-68)77-66/h11,13,15,17-20,27,48,52,58-60,63-66,68-69,72-74H,3-10,12,14,16,21-26,28-47,49-51,53-57H2,1-2H3,(H,67,70)/b13-11-,19-17-,20-18-,27-15-,52-48+. The fourth-order valence-electron chi connectivity index (χ4n) is 9.73. The molecule has 1 rings (SSSR count). The van der Waals surface area contributed by atoms with Gasteiger partial charge in [0, 0.05) is 12.8 Å². The van der Waals surface area contributed by atoms with Crippen LogP contribution in [-0.2, 0) is 23.8 Å². The number of rotatable bonds is 55. The van der Waals surface area contributed by atoms with Gasteiger partial charge in [-0.3, -0.25) is 9.59 Å². The molecule has 1 aliphatic heterocycles. The van der Waals surface area contributed by atoms with Crippen molar-refractivity contribution < 1.29 is 49.3 Å². The highest BCUT2D eigenvalue weighted by atomic mass is 16.7. The summed E-state index contributed by atoms with van der Waals surface area (Å²) in [6.07, 6.45) is 62.0. The Morgan fingerprint density at radius 2 is 0.870 bits per heavy atom. The normalized spacial score (nSPS) is 19.0. The summed E-state index contributed by atoms with van der Waals surface area (Å²) < 4.78 is 16.7. The van der Waals surface area contributed by atoms with Gasteiger partial charge in [0.1, 0.15) is 24.4 Å². The molecule has 0 saturated carbocycles. The van der Waals surface area contributed by atoms with Gasteiger partial charge >= 0.3 is 5.97 Å². The number of hydrogen-bond acceptors (Lipinski definition) is 10. The van der Waals surface area contributed by atoms with E-state index in [1.54, 1.807) is 6.08 Å². The molecule has 7 atom stereocenters. The number of carbonyl (C=O) groups is 2. The molecule has 1 amide bonds. The molecule has 0 aromatic carbocycles. The molecule has 6 N–H and O–H groups in total. The minimum Gasteiger partial charge on any atom is -0.466 e. The molecular formula is C66H119NO10. The van der Waals surface area contributed by atoms with E-state index in [2.05, 4.69) is 67.8 Å². The second kappa shape index (κ2) is 55.3. The molecule has 0 bridgehead atoms. The Kier molecular flexibility index (Phi) is 52.0. The summed E-state index contributed by atoms with van der Waals surface area (Å²) in [5, 5.41) is 54.2. The molecule has 0 aromatic heterocycles. The van der Waals surface area contributed by atoms with Crippen LogP contribution in [0.15, 0.2) is 60.8 Å². The highest BCUT2D eigenvalue weighted by Gasteiger charge is 2.44. The van der Waals surface area contributed by atoms with Crippen LogP contribution < -0.4 is 5.32 Å². The van der Waals surface area contributed by atoms with E-state index < -0.39 is 49.5 Å². The zero-order valence-corrected chi connectivity index (χ0v) is 49.4. The van der Waals surface area contributed by atoms with E-state index in [1.807, 2.05) is 6.08 Å². The van der Waals surface area contributed by atoms with Crippen molar-refractivity contribution in [1.29, 1.82) is 0 Å². The number of amides is 1. The van der Waals surface area contributed by atoms with Gasteiger partial charge < -0.3 is 45.1 Å². The zero-order valence-electron chi connectivity index (χ0n) is 49.4. The van der Waals surface area contributed by atoms with Crippen LogP contribution in [0.25, 0.3) is 0 Å². The summed E-state index contributed by atoms with van der Waals surface area (Å²) in [6.45, 7) is 4.27.